The topological polar surface area (TPSA) is 42.7 Å². The average molecular weight is 276 g/mol. The highest BCUT2D eigenvalue weighted by molar-refractivity contribution is 9.09. The van der Waals surface area contributed by atoms with Crippen molar-refractivity contribution in [3.63, 3.8) is 0 Å². The maximum absolute atomic E-state index is 11.9. The number of hydrogen-bond donors (Lipinski definition) is 0. The van der Waals surface area contributed by atoms with Gasteiger partial charge < -0.3 is 14.1 Å². The van der Waals surface area contributed by atoms with Crippen LogP contribution in [-0.4, -0.2) is 42.9 Å². The molecule has 0 aromatic carbocycles. The number of nitrogens with zero attached hydrogens (tertiary/aromatic N) is 1. The van der Waals surface area contributed by atoms with E-state index in [0.29, 0.717) is 25.3 Å². The van der Waals surface area contributed by atoms with Crippen molar-refractivity contribution in [2.75, 3.05) is 32.1 Å². The standard InChI is InChI=1S/C10H14BrNO3/c1-14-7-5-12(4-3-11)10(13)9-2-6-15-8-9/h2,6,8H,3-5,7H2,1H3. The van der Waals surface area contributed by atoms with Gasteiger partial charge in [0.15, 0.2) is 0 Å². The molecule has 1 rings (SSSR count). The first-order valence-electron chi connectivity index (χ1n) is 4.66. The number of hydrogen-bond acceptors (Lipinski definition) is 3. The monoisotopic (exact) mass is 275 g/mol. The summed E-state index contributed by atoms with van der Waals surface area (Å²) in [5.41, 5.74) is 0.576. The van der Waals surface area contributed by atoms with Crippen LogP contribution in [0.2, 0.25) is 0 Å². The fraction of sp³-hybridized carbons (Fsp3) is 0.500. The molecule has 1 aromatic heterocycles. The molecule has 84 valence electrons. The molecular weight excluding hydrogens is 262 g/mol. The number of furan rings is 1. The molecule has 0 radical (unpaired) electrons. The Morgan fingerprint density at radius 1 is 1.60 bits per heavy atom. The molecule has 0 aliphatic rings. The lowest BCUT2D eigenvalue weighted by molar-refractivity contribution is 0.0708. The van der Waals surface area contributed by atoms with E-state index in [9.17, 15) is 4.79 Å². The third kappa shape index (κ3) is 3.68. The molecule has 0 bridgehead atoms. The van der Waals surface area contributed by atoms with E-state index in [1.165, 1.54) is 12.5 Å². The van der Waals surface area contributed by atoms with Crippen LogP contribution in [0.25, 0.3) is 0 Å². The smallest absolute Gasteiger partial charge is 0.257 e. The number of carbonyl (C=O) groups excluding carboxylic acids is 1. The first-order valence-corrected chi connectivity index (χ1v) is 5.78. The predicted octanol–water partition coefficient (Wildman–Crippen LogP) is 1.76. The Labute approximate surface area is 97.3 Å². The van der Waals surface area contributed by atoms with Crippen molar-refractivity contribution in [3.8, 4) is 0 Å². The summed E-state index contributed by atoms with van der Waals surface area (Å²) in [6, 6.07) is 1.66. The molecule has 0 fully saturated rings. The number of methoxy groups -OCH3 is 1. The van der Waals surface area contributed by atoms with Gasteiger partial charge in [-0.3, -0.25) is 4.79 Å². The molecule has 0 atom stereocenters. The Balaban J connectivity index is 2.58. The highest BCUT2D eigenvalue weighted by Gasteiger charge is 2.15. The molecule has 1 aromatic rings. The Kier molecular flexibility index (Phi) is 5.42. The SMILES string of the molecule is COCCN(CCBr)C(=O)c1ccoc1. The zero-order valence-corrected chi connectivity index (χ0v) is 10.2. The third-order valence-corrected chi connectivity index (χ3v) is 2.33. The van der Waals surface area contributed by atoms with Crippen LogP contribution in [0.15, 0.2) is 23.0 Å². The van der Waals surface area contributed by atoms with Crippen molar-refractivity contribution >= 4 is 21.8 Å². The fourth-order valence-corrected chi connectivity index (χ4v) is 1.62. The number of ether oxygens (including phenoxy) is 1. The average Bonchev–Trinajstić information content (AvgIpc) is 2.76. The summed E-state index contributed by atoms with van der Waals surface area (Å²) in [7, 11) is 1.62. The van der Waals surface area contributed by atoms with Gasteiger partial charge >= 0.3 is 0 Å². The number of amides is 1. The second kappa shape index (κ2) is 6.63. The molecule has 15 heavy (non-hydrogen) atoms. The van der Waals surface area contributed by atoms with Crippen molar-refractivity contribution in [2.24, 2.45) is 0 Å². The van der Waals surface area contributed by atoms with Gasteiger partial charge in [-0.15, -0.1) is 0 Å². The van der Waals surface area contributed by atoms with E-state index in [-0.39, 0.29) is 5.91 Å². The lowest BCUT2D eigenvalue weighted by Crippen LogP contribution is -2.35. The van der Waals surface area contributed by atoms with Crippen molar-refractivity contribution < 1.29 is 13.9 Å². The van der Waals surface area contributed by atoms with E-state index in [1.807, 2.05) is 0 Å². The van der Waals surface area contributed by atoms with Crippen LogP contribution < -0.4 is 0 Å². The van der Waals surface area contributed by atoms with Crippen LogP contribution in [-0.2, 0) is 4.74 Å². The number of carbonyl (C=O) groups is 1. The molecule has 1 heterocycles. The molecule has 0 aliphatic heterocycles. The van der Waals surface area contributed by atoms with Crippen molar-refractivity contribution in [1.29, 1.82) is 0 Å². The van der Waals surface area contributed by atoms with E-state index in [1.54, 1.807) is 18.1 Å². The zero-order chi connectivity index (χ0) is 11.1. The minimum atomic E-state index is -0.0275. The maximum Gasteiger partial charge on any atom is 0.257 e. The van der Waals surface area contributed by atoms with Crippen LogP contribution in [0.1, 0.15) is 10.4 Å². The second-order valence-electron chi connectivity index (χ2n) is 2.99. The van der Waals surface area contributed by atoms with Gasteiger partial charge in [0.05, 0.1) is 18.4 Å². The van der Waals surface area contributed by atoms with Crippen molar-refractivity contribution in [3.05, 3.63) is 24.2 Å². The second-order valence-corrected chi connectivity index (χ2v) is 3.78. The van der Waals surface area contributed by atoms with Gasteiger partial charge in [-0.25, -0.2) is 0 Å². The van der Waals surface area contributed by atoms with Crippen LogP contribution in [0.4, 0.5) is 0 Å². The number of halogens is 1. The van der Waals surface area contributed by atoms with Gasteiger partial charge in [0.1, 0.15) is 6.26 Å². The molecule has 0 unspecified atom stereocenters. The van der Waals surface area contributed by atoms with Crippen molar-refractivity contribution in [1.82, 2.24) is 4.90 Å². The Morgan fingerprint density at radius 2 is 2.40 bits per heavy atom. The van der Waals surface area contributed by atoms with E-state index < -0.39 is 0 Å². The lowest BCUT2D eigenvalue weighted by Gasteiger charge is -2.20. The third-order valence-electron chi connectivity index (χ3n) is 1.98. The molecular formula is C10H14BrNO3. The normalized spacial score (nSPS) is 10.3. The van der Waals surface area contributed by atoms with Crippen molar-refractivity contribution in [2.45, 2.75) is 0 Å². The summed E-state index contributed by atoms with van der Waals surface area (Å²) in [6.07, 6.45) is 2.95. The number of rotatable bonds is 6. The van der Waals surface area contributed by atoms with E-state index in [4.69, 9.17) is 9.15 Å². The zero-order valence-electron chi connectivity index (χ0n) is 8.61. The first-order chi connectivity index (χ1) is 7.29. The number of alkyl halides is 1. The van der Waals surface area contributed by atoms with Crippen LogP contribution in [0.3, 0.4) is 0 Å². The molecule has 0 N–H and O–H groups in total. The summed E-state index contributed by atoms with van der Waals surface area (Å²) in [6.45, 7) is 1.79. The molecule has 4 nitrogen and oxygen atoms in total. The van der Waals surface area contributed by atoms with E-state index in [2.05, 4.69) is 15.9 Å². The van der Waals surface area contributed by atoms with Crippen LogP contribution >= 0.6 is 15.9 Å². The lowest BCUT2D eigenvalue weighted by atomic mass is 10.3. The first kappa shape index (κ1) is 12.3. The molecule has 0 aliphatic carbocycles. The fourth-order valence-electron chi connectivity index (χ4n) is 1.19. The van der Waals surface area contributed by atoms with Gasteiger partial charge in [-0.2, -0.15) is 0 Å². The minimum Gasteiger partial charge on any atom is -0.472 e. The molecule has 0 saturated heterocycles. The van der Waals surface area contributed by atoms with Gasteiger partial charge in [0, 0.05) is 25.5 Å². The molecule has 0 saturated carbocycles. The van der Waals surface area contributed by atoms with E-state index >= 15 is 0 Å². The summed E-state index contributed by atoms with van der Waals surface area (Å²) < 4.78 is 9.83. The summed E-state index contributed by atoms with van der Waals surface area (Å²) in [5, 5.41) is 0.750. The summed E-state index contributed by atoms with van der Waals surface area (Å²) in [4.78, 5) is 13.6. The van der Waals surface area contributed by atoms with Crippen LogP contribution in [0, 0.1) is 0 Å². The molecule has 0 spiro atoms. The molecule has 1 amide bonds. The molecule has 5 heteroatoms. The quantitative estimate of drug-likeness (QED) is 0.743. The summed E-state index contributed by atoms with van der Waals surface area (Å²) >= 11 is 3.32. The largest absolute Gasteiger partial charge is 0.472 e. The van der Waals surface area contributed by atoms with E-state index in [0.717, 1.165) is 5.33 Å². The predicted molar refractivity (Wildman–Crippen MR) is 60.3 cm³/mol. The van der Waals surface area contributed by atoms with Gasteiger partial charge in [-0.1, -0.05) is 15.9 Å². The van der Waals surface area contributed by atoms with Crippen LogP contribution in [0.5, 0.6) is 0 Å². The van der Waals surface area contributed by atoms with Gasteiger partial charge in [-0.05, 0) is 6.07 Å². The highest BCUT2D eigenvalue weighted by atomic mass is 79.9. The maximum atomic E-state index is 11.9. The van der Waals surface area contributed by atoms with Gasteiger partial charge in [0.2, 0.25) is 0 Å². The van der Waals surface area contributed by atoms with Gasteiger partial charge in [0.25, 0.3) is 5.91 Å². The Morgan fingerprint density at radius 3 is 2.93 bits per heavy atom. The highest BCUT2D eigenvalue weighted by Crippen LogP contribution is 2.06. The Hall–Kier alpha value is -0.810. The summed E-state index contributed by atoms with van der Waals surface area (Å²) in [5.74, 6) is -0.0275. The Bertz CT molecular complexity index is 287. The minimum absolute atomic E-state index is 0.0275.